The zero-order valence-corrected chi connectivity index (χ0v) is 15.3. The van der Waals surface area contributed by atoms with E-state index >= 15 is 0 Å². The van der Waals surface area contributed by atoms with Crippen LogP contribution < -0.4 is 19.5 Å². The van der Waals surface area contributed by atoms with Crippen LogP contribution in [-0.2, 0) is 0 Å². The highest BCUT2D eigenvalue weighted by molar-refractivity contribution is 7.13. The van der Waals surface area contributed by atoms with E-state index in [2.05, 4.69) is 15.3 Å². The maximum absolute atomic E-state index is 12.5. The SMILES string of the molecule is COc1cc(NC(=O)c2csc(-c3ccncc3)n2)cc(OC)c1OC. The predicted molar refractivity (Wildman–Crippen MR) is 99.4 cm³/mol. The van der Waals surface area contributed by atoms with Crippen LogP contribution in [0.1, 0.15) is 10.5 Å². The van der Waals surface area contributed by atoms with E-state index in [0.717, 1.165) is 10.6 Å². The first-order chi connectivity index (χ1) is 12.7. The lowest BCUT2D eigenvalue weighted by Crippen LogP contribution is -2.12. The molecule has 2 heterocycles. The Morgan fingerprint density at radius 1 is 1.04 bits per heavy atom. The standard InChI is InChI=1S/C18H17N3O4S/c1-23-14-8-12(9-15(24-2)16(14)25-3)20-17(22)13-10-26-18(21-13)11-4-6-19-7-5-11/h4-10H,1-3H3,(H,20,22). The van der Waals surface area contributed by atoms with E-state index in [1.54, 1.807) is 29.9 Å². The number of ether oxygens (including phenoxy) is 3. The summed E-state index contributed by atoms with van der Waals surface area (Å²) in [4.78, 5) is 20.9. The van der Waals surface area contributed by atoms with Crippen molar-refractivity contribution in [2.75, 3.05) is 26.6 Å². The maximum atomic E-state index is 12.5. The highest BCUT2D eigenvalue weighted by Gasteiger charge is 2.17. The van der Waals surface area contributed by atoms with Crippen LogP contribution in [0.3, 0.4) is 0 Å². The van der Waals surface area contributed by atoms with Crippen molar-refractivity contribution < 1.29 is 19.0 Å². The topological polar surface area (TPSA) is 82.6 Å². The highest BCUT2D eigenvalue weighted by atomic mass is 32.1. The summed E-state index contributed by atoms with van der Waals surface area (Å²) < 4.78 is 15.9. The van der Waals surface area contributed by atoms with Gasteiger partial charge in [-0.05, 0) is 12.1 Å². The number of pyridine rings is 1. The highest BCUT2D eigenvalue weighted by Crippen LogP contribution is 2.40. The fourth-order valence-electron chi connectivity index (χ4n) is 2.35. The third kappa shape index (κ3) is 3.60. The summed E-state index contributed by atoms with van der Waals surface area (Å²) in [5.74, 6) is 1.05. The second kappa shape index (κ2) is 7.83. The van der Waals surface area contributed by atoms with Crippen molar-refractivity contribution in [1.82, 2.24) is 9.97 Å². The molecule has 0 fully saturated rings. The smallest absolute Gasteiger partial charge is 0.275 e. The molecule has 0 saturated heterocycles. The Labute approximate surface area is 154 Å². The van der Waals surface area contributed by atoms with Crippen LogP contribution in [0.4, 0.5) is 5.69 Å². The van der Waals surface area contributed by atoms with Gasteiger partial charge in [-0.2, -0.15) is 0 Å². The van der Waals surface area contributed by atoms with Crippen molar-refractivity contribution >= 4 is 22.9 Å². The van der Waals surface area contributed by atoms with Crippen LogP contribution in [0.2, 0.25) is 0 Å². The summed E-state index contributed by atoms with van der Waals surface area (Å²) in [5.41, 5.74) is 1.76. The number of nitrogens with zero attached hydrogens (tertiary/aromatic N) is 2. The van der Waals surface area contributed by atoms with Crippen LogP contribution in [0, 0.1) is 0 Å². The third-order valence-corrected chi connectivity index (χ3v) is 4.48. The predicted octanol–water partition coefficient (Wildman–Crippen LogP) is 3.48. The molecule has 0 saturated carbocycles. The Kier molecular flexibility index (Phi) is 5.33. The Morgan fingerprint density at radius 3 is 2.27 bits per heavy atom. The average Bonchev–Trinajstić information content (AvgIpc) is 3.18. The summed E-state index contributed by atoms with van der Waals surface area (Å²) in [6, 6.07) is 7.02. The molecule has 1 aromatic carbocycles. The number of aromatic nitrogens is 2. The number of rotatable bonds is 6. The van der Waals surface area contributed by atoms with E-state index in [1.807, 2.05) is 12.1 Å². The molecule has 3 aromatic rings. The van der Waals surface area contributed by atoms with Gasteiger partial charge in [0.2, 0.25) is 5.75 Å². The summed E-state index contributed by atoms with van der Waals surface area (Å²) in [6.45, 7) is 0. The third-order valence-electron chi connectivity index (χ3n) is 3.59. The van der Waals surface area contributed by atoms with Gasteiger partial charge in [0.25, 0.3) is 5.91 Å². The van der Waals surface area contributed by atoms with Gasteiger partial charge in [-0.15, -0.1) is 11.3 Å². The molecule has 0 spiro atoms. The van der Waals surface area contributed by atoms with E-state index in [9.17, 15) is 4.79 Å². The molecule has 134 valence electrons. The number of carbonyl (C=O) groups is 1. The molecule has 0 aliphatic rings. The van der Waals surface area contributed by atoms with Crippen molar-refractivity contribution in [2.45, 2.75) is 0 Å². The van der Waals surface area contributed by atoms with Gasteiger partial charge < -0.3 is 19.5 Å². The number of hydrogen-bond acceptors (Lipinski definition) is 7. The van der Waals surface area contributed by atoms with Gasteiger partial charge in [0.05, 0.1) is 21.3 Å². The summed E-state index contributed by atoms with van der Waals surface area (Å²) in [5, 5.41) is 5.26. The summed E-state index contributed by atoms with van der Waals surface area (Å²) in [6.07, 6.45) is 3.37. The van der Waals surface area contributed by atoms with Crippen LogP contribution in [0.25, 0.3) is 10.6 Å². The second-order valence-electron chi connectivity index (χ2n) is 5.14. The molecule has 0 bridgehead atoms. The summed E-state index contributed by atoms with van der Waals surface area (Å²) >= 11 is 1.39. The van der Waals surface area contributed by atoms with E-state index in [4.69, 9.17) is 14.2 Å². The zero-order valence-electron chi connectivity index (χ0n) is 14.5. The monoisotopic (exact) mass is 371 g/mol. The number of carbonyl (C=O) groups excluding carboxylic acids is 1. The van der Waals surface area contributed by atoms with Crippen molar-refractivity contribution in [3.05, 3.63) is 47.7 Å². The van der Waals surface area contributed by atoms with Crippen molar-refractivity contribution in [2.24, 2.45) is 0 Å². The zero-order chi connectivity index (χ0) is 18.5. The van der Waals surface area contributed by atoms with Crippen LogP contribution in [0.15, 0.2) is 42.0 Å². The number of nitrogens with one attached hydrogen (secondary N) is 1. The minimum atomic E-state index is -0.323. The lowest BCUT2D eigenvalue weighted by molar-refractivity contribution is 0.102. The van der Waals surface area contributed by atoms with Crippen molar-refractivity contribution in [3.63, 3.8) is 0 Å². The number of anilines is 1. The molecule has 26 heavy (non-hydrogen) atoms. The number of methoxy groups -OCH3 is 3. The lowest BCUT2D eigenvalue weighted by Gasteiger charge is -2.14. The lowest BCUT2D eigenvalue weighted by atomic mass is 10.2. The molecule has 0 radical (unpaired) electrons. The van der Waals surface area contributed by atoms with Crippen LogP contribution in [0.5, 0.6) is 17.2 Å². The number of thiazole rings is 1. The van der Waals surface area contributed by atoms with Gasteiger partial charge in [0.15, 0.2) is 11.5 Å². The Hall–Kier alpha value is -3.13. The largest absolute Gasteiger partial charge is 0.493 e. The van der Waals surface area contributed by atoms with Crippen molar-refractivity contribution in [3.8, 4) is 27.8 Å². The summed E-state index contributed by atoms with van der Waals surface area (Å²) in [7, 11) is 4.56. The minimum absolute atomic E-state index is 0.323. The fraction of sp³-hybridized carbons (Fsp3) is 0.167. The first kappa shape index (κ1) is 17.7. The van der Waals surface area contributed by atoms with Crippen LogP contribution in [-0.4, -0.2) is 37.2 Å². The first-order valence-electron chi connectivity index (χ1n) is 7.63. The van der Waals surface area contributed by atoms with E-state index in [0.29, 0.717) is 28.6 Å². The Balaban J connectivity index is 1.83. The van der Waals surface area contributed by atoms with Gasteiger partial charge in [-0.25, -0.2) is 4.98 Å². The molecular formula is C18H17N3O4S. The number of amides is 1. The molecule has 0 unspecified atom stereocenters. The van der Waals surface area contributed by atoms with Gasteiger partial charge >= 0.3 is 0 Å². The van der Waals surface area contributed by atoms with E-state index in [1.165, 1.54) is 32.7 Å². The molecule has 0 atom stereocenters. The van der Waals surface area contributed by atoms with Gasteiger partial charge in [-0.1, -0.05) is 0 Å². The van der Waals surface area contributed by atoms with Crippen molar-refractivity contribution in [1.29, 1.82) is 0 Å². The Bertz CT molecular complexity index is 887. The molecule has 2 aromatic heterocycles. The molecule has 3 rings (SSSR count). The minimum Gasteiger partial charge on any atom is -0.493 e. The molecule has 8 heteroatoms. The fourth-order valence-corrected chi connectivity index (χ4v) is 3.16. The first-order valence-corrected chi connectivity index (χ1v) is 8.51. The Morgan fingerprint density at radius 2 is 1.69 bits per heavy atom. The molecular weight excluding hydrogens is 354 g/mol. The average molecular weight is 371 g/mol. The second-order valence-corrected chi connectivity index (χ2v) is 6.00. The van der Waals surface area contributed by atoms with Gasteiger partial charge in [0, 0.05) is 41.2 Å². The van der Waals surface area contributed by atoms with Gasteiger partial charge in [0.1, 0.15) is 10.7 Å². The molecule has 1 amide bonds. The normalized spacial score (nSPS) is 10.3. The maximum Gasteiger partial charge on any atom is 0.275 e. The molecule has 1 N–H and O–H groups in total. The quantitative estimate of drug-likeness (QED) is 0.714. The van der Waals surface area contributed by atoms with E-state index < -0.39 is 0 Å². The van der Waals surface area contributed by atoms with Crippen LogP contribution >= 0.6 is 11.3 Å². The number of hydrogen-bond donors (Lipinski definition) is 1. The number of benzene rings is 1. The molecule has 7 nitrogen and oxygen atoms in total. The van der Waals surface area contributed by atoms with E-state index in [-0.39, 0.29) is 5.91 Å². The molecule has 0 aliphatic carbocycles. The molecule has 0 aliphatic heterocycles. The van der Waals surface area contributed by atoms with Gasteiger partial charge in [-0.3, -0.25) is 9.78 Å².